The molecule has 0 aromatic heterocycles. The standard InChI is InChI=1S/C16H20O4Si/c1-5-13(17-9-1)21(14-6-2-10-18-14,15-7-3-11-19-15)16-8-4-12-20-16/h5-8H,1-4,9-12H2. The van der Waals surface area contributed by atoms with Crippen LogP contribution in [0.5, 0.6) is 0 Å². The van der Waals surface area contributed by atoms with Crippen molar-refractivity contribution in [1.29, 1.82) is 0 Å². The molecule has 0 aromatic carbocycles. The van der Waals surface area contributed by atoms with Crippen LogP contribution in [0.15, 0.2) is 45.8 Å². The summed E-state index contributed by atoms with van der Waals surface area (Å²) in [6.07, 6.45) is 12.7. The van der Waals surface area contributed by atoms with Gasteiger partial charge in [0, 0.05) is 25.7 Å². The summed E-state index contributed by atoms with van der Waals surface area (Å²) < 4.78 is 24.1. The van der Waals surface area contributed by atoms with Crippen LogP contribution >= 0.6 is 0 Å². The molecule has 4 aliphatic heterocycles. The third-order valence-electron chi connectivity index (χ3n) is 4.30. The van der Waals surface area contributed by atoms with E-state index in [0.717, 1.165) is 73.6 Å². The van der Waals surface area contributed by atoms with E-state index in [1.165, 1.54) is 0 Å². The van der Waals surface area contributed by atoms with Crippen molar-refractivity contribution in [2.24, 2.45) is 0 Å². The van der Waals surface area contributed by atoms with Gasteiger partial charge >= 0.3 is 8.07 Å². The first kappa shape index (κ1) is 13.1. The Balaban J connectivity index is 1.89. The van der Waals surface area contributed by atoms with E-state index in [4.69, 9.17) is 18.9 Å². The zero-order valence-electron chi connectivity index (χ0n) is 12.1. The van der Waals surface area contributed by atoms with Crippen LogP contribution in [-0.4, -0.2) is 34.5 Å². The van der Waals surface area contributed by atoms with E-state index >= 15 is 0 Å². The Morgan fingerprint density at radius 1 is 0.524 bits per heavy atom. The molecule has 0 aliphatic carbocycles. The van der Waals surface area contributed by atoms with Gasteiger partial charge in [-0.2, -0.15) is 0 Å². The van der Waals surface area contributed by atoms with Gasteiger partial charge in [0.2, 0.25) is 0 Å². The van der Waals surface area contributed by atoms with E-state index < -0.39 is 8.07 Å². The van der Waals surface area contributed by atoms with E-state index in [0.29, 0.717) is 0 Å². The highest BCUT2D eigenvalue weighted by Crippen LogP contribution is 2.45. The molecule has 4 nitrogen and oxygen atoms in total. The monoisotopic (exact) mass is 304 g/mol. The lowest BCUT2D eigenvalue weighted by molar-refractivity contribution is 0.219. The van der Waals surface area contributed by atoms with Crippen molar-refractivity contribution in [2.45, 2.75) is 25.7 Å². The molecule has 0 saturated heterocycles. The molecule has 4 heterocycles. The van der Waals surface area contributed by atoms with Crippen molar-refractivity contribution in [3.8, 4) is 0 Å². The molecule has 0 fully saturated rings. The van der Waals surface area contributed by atoms with E-state index in [9.17, 15) is 0 Å². The number of ether oxygens (including phenoxy) is 4. The van der Waals surface area contributed by atoms with Crippen LogP contribution in [0, 0.1) is 0 Å². The van der Waals surface area contributed by atoms with Crippen LogP contribution in [0.4, 0.5) is 0 Å². The number of rotatable bonds is 4. The van der Waals surface area contributed by atoms with Gasteiger partial charge in [0.15, 0.2) is 0 Å². The fourth-order valence-electron chi connectivity index (χ4n) is 3.45. The van der Waals surface area contributed by atoms with Crippen molar-refractivity contribution in [1.82, 2.24) is 0 Å². The Morgan fingerprint density at radius 2 is 0.810 bits per heavy atom. The molecule has 0 bridgehead atoms. The van der Waals surface area contributed by atoms with Gasteiger partial charge in [0.1, 0.15) is 0 Å². The predicted molar refractivity (Wildman–Crippen MR) is 80.4 cm³/mol. The normalized spacial score (nSPS) is 24.4. The quantitative estimate of drug-likeness (QED) is 0.748. The first-order valence-corrected chi connectivity index (χ1v) is 9.76. The van der Waals surface area contributed by atoms with Crippen molar-refractivity contribution in [3.63, 3.8) is 0 Å². The molecular formula is C16H20O4Si. The van der Waals surface area contributed by atoms with E-state index in [-0.39, 0.29) is 0 Å². The lowest BCUT2D eigenvalue weighted by Crippen LogP contribution is -2.46. The first-order chi connectivity index (χ1) is 10.4. The van der Waals surface area contributed by atoms with Crippen LogP contribution in [0.1, 0.15) is 25.7 Å². The highest BCUT2D eigenvalue weighted by molar-refractivity contribution is 7.02. The maximum Gasteiger partial charge on any atom is 0.339 e. The molecule has 0 unspecified atom stereocenters. The Bertz CT molecular complexity index is 457. The molecule has 0 saturated carbocycles. The Labute approximate surface area is 125 Å². The summed E-state index contributed by atoms with van der Waals surface area (Å²) in [6, 6.07) is 0. The second-order valence-electron chi connectivity index (χ2n) is 5.57. The minimum Gasteiger partial charge on any atom is -0.501 e. The third kappa shape index (κ3) is 1.94. The van der Waals surface area contributed by atoms with E-state index in [1.54, 1.807) is 0 Å². The number of hydrogen-bond acceptors (Lipinski definition) is 4. The summed E-state index contributed by atoms with van der Waals surface area (Å²) in [6.45, 7) is 2.99. The average Bonchev–Trinajstić information content (AvgIpc) is 3.32. The molecule has 21 heavy (non-hydrogen) atoms. The van der Waals surface area contributed by atoms with E-state index in [2.05, 4.69) is 24.3 Å². The smallest absolute Gasteiger partial charge is 0.339 e. The van der Waals surface area contributed by atoms with Crippen LogP contribution < -0.4 is 0 Å². The lowest BCUT2D eigenvalue weighted by atomic mass is 10.5. The summed E-state index contributed by atoms with van der Waals surface area (Å²) >= 11 is 0. The Hall–Kier alpha value is -1.62. The minimum atomic E-state index is -2.51. The summed E-state index contributed by atoms with van der Waals surface area (Å²) in [7, 11) is -2.51. The van der Waals surface area contributed by atoms with Crippen molar-refractivity contribution in [2.75, 3.05) is 26.4 Å². The Kier molecular flexibility index (Phi) is 3.29. The SMILES string of the molecule is C1=C([Si](C2=CCCO2)(C2=CCCO2)C2=CCCO2)OCC1. The van der Waals surface area contributed by atoms with E-state index in [1.807, 2.05) is 0 Å². The second kappa shape index (κ2) is 5.29. The molecule has 0 aromatic rings. The molecule has 112 valence electrons. The zero-order chi connectivity index (χ0) is 14.1. The van der Waals surface area contributed by atoms with Crippen molar-refractivity contribution in [3.05, 3.63) is 45.8 Å². The summed E-state index contributed by atoms with van der Waals surface area (Å²) in [4.78, 5) is 0. The van der Waals surface area contributed by atoms with Gasteiger partial charge in [-0.15, -0.1) is 0 Å². The lowest BCUT2D eigenvalue weighted by Gasteiger charge is -2.33. The summed E-state index contributed by atoms with van der Waals surface area (Å²) in [5.41, 5.74) is 0. The maximum absolute atomic E-state index is 6.02. The molecule has 5 heteroatoms. The fraction of sp³-hybridized carbons (Fsp3) is 0.500. The minimum absolute atomic E-state index is 0.748. The maximum atomic E-state index is 6.02. The van der Waals surface area contributed by atoms with Crippen molar-refractivity contribution >= 4 is 8.07 Å². The fourth-order valence-corrected chi connectivity index (χ4v) is 7.98. The van der Waals surface area contributed by atoms with Crippen molar-refractivity contribution < 1.29 is 18.9 Å². The summed E-state index contributed by atoms with van der Waals surface area (Å²) in [5.74, 6) is 0. The van der Waals surface area contributed by atoms with Crippen LogP contribution in [0.2, 0.25) is 0 Å². The first-order valence-electron chi connectivity index (χ1n) is 7.76. The molecule has 0 radical (unpaired) electrons. The molecule has 0 spiro atoms. The van der Waals surface area contributed by atoms with Gasteiger partial charge < -0.3 is 18.9 Å². The van der Waals surface area contributed by atoms with Crippen LogP contribution in [-0.2, 0) is 18.9 Å². The zero-order valence-corrected chi connectivity index (χ0v) is 13.1. The van der Waals surface area contributed by atoms with Crippen LogP contribution in [0.3, 0.4) is 0 Å². The molecular weight excluding hydrogens is 284 g/mol. The highest BCUT2D eigenvalue weighted by Gasteiger charge is 2.58. The van der Waals surface area contributed by atoms with Gasteiger partial charge in [-0.1, -0.05) is 0 Å². The highest BCUT2D eigenvalue weighted by atomic mass is 28.3. The van der Waals surface area contributed by atoms with Gasteiger partial charge in [0.25, 0.3) is 0 Å². The van der Waals surface area contributed by atoms with Gasteiger partial charge in [-0.3, -0.25) is 0 Å². The molecule has 0 atom stereocenters. The third-order valence-corrected chi connectivity index (χ3v) is 8.65. The molecule has 4 aliphatic rings. The number of hydrogen-bond donors (Lipinski definition) is 0. The Morgan fingerprint density at radius 3 is 1.00 bits per heavy atom. The predicted octanol–water partition coefficient (Wildman–Crippen LogP) is 2.81. The molecule has 0 amide bonds. The van der Waals surface area contributed by atoms with Crippen LogP contribution in [0.25, 0.3) is 0 Å². The van der Waals surface area contributed by atoms with Gasteiger partial charge in [-0.25, -0.2) is 0 Å². The van der Waals surface area contributed by atoms with Gasteiger partial charge in [-0.05, 0) is 24.3 Å². The second-order valence-corrected chi connectivity index (χ2v) is 9.04. The topological polar surface area (TPSA) is 36.9 Å². The molecule has 0 N–H and O–H groups in total. The summed E-state index contributed by atoms with van der Waals surface area (Å²) in [5, 5.41) is 4.16. The average molecular weight is 304 g/mol. The molecule has 4 rings (SSSR count). The van der Waals surface area contributed by atoms with Gasteiger partial charge in [0.05, 0.1) is 48.0 Å². The largest absolute Gasteiger partial charge is 0.501 e.